The number of nitrogens with one attached hydrogen (secondary N) is 3. The van der Waals surface area contributed by atoms with Gasteiger partial charge < -0.3 is 16.0 Å². The summed E-state index contributed by atoms with van der Waals surface area (Å²) in [7, 11) is 0. The van der Waals surface area contributed by atoms with Crippen LogP contribution in [0.4, 0.5) is 4.79 Å². The van der Waals surface area contributed by atoms with Gasteiger partial charge in [0, 0.05) is 31.6 Å². The molecule has 0 aliphatic carbocycles. The first-order valence-corrected chi connectivity index (χ1v) is 3.61. The lowest BCUT2D eigenvalue weighted by Gasteiger charge is -2.25. The molecule has 0 radical (unpaired) electrons. The van der Waals surface area contributed by atoms with Gasteiger partial charge >= 0.3 is 6.03 Å². The summed E-state index contributed by atoms with van der Waals surface area (Å²) in [6, 6.07) is 0.346. The number of hydrogen-bond donors (Lipinski definition) is 3. The van der Waals surface area contributed by atoms with Crippen LogP contribution in [-0.4, -0.2) is 31.7 Å². The molecule has 0 bridgehead atoms. The summed E-state index contributed by atoms with van der Waals surface area (Å²) in [6.07, 6.45) is 0. The molecule has 56 valence electrons. The zero-order valence-electron chi connectivity index (χ0n) is 5.68. The molecule has 2 atom stereocenters. The summed E-state index contributed by atoms with van der Waals surface area (Å²) in [5, 5.41) is 8.86. The second-order valence-corrected chi connectivity index (χ2v) is 2.88. The van der Waals surface area contributed by atoms with Gasteiger partial charge in [0.1, 0.15) is 0 Å². The molecule has 2 saturated heterocycles. The second-order valence-electron chi connectivity index (χ2n) is 2.88. The molecule has 4 nitrogen and oxygen atoms in total. The van der Waals surface area contributed by atoms with Crippen LogP contribution in [0.3, 0.4) is 0 Å². The Labute approximate surface area is 59.4 Å². The lowest BCUT2D eigenvalue weighted by molar-refractivity contribution is 0.223. The van der Waals surface area contributed by atoms with E-state index in [4.69, 9.17) is 0 Å². The van der Waals surface area contributed by atoms with Crippen LogP contribution in [-0.2, 0) is 0 Å². The summed E-state index contributed by atoms with van der Waals surface area (Å²) >= 11 is 0. The molecule has 3 N–H and O–H groups in total. The Hall–Kier alpha value is -0.770. The zero-order chi connectivity index (χ0) is 6.97. The Morgan fingerprint density at radius 2 is 2.20 bits per heavy atom. The van der Waals surface area contributed by atoms with E-state index < -0.39 is 0 Å². The van der Waals surface area contributed by atoms with Crippen molar-refractivity contribution in [3.63, 3.8) is 0 Å². The van der Waals surface area contributed by atoms with E-state index in [1.807, 2.05) is 0 Å². The van der Waals surface area contributed by atoms with Crippen LogP contribution >= 0.6 is 0 Å². The molecule has 0 aromatic rings. The predicted molar refractivity (Wildman–Crippen MR) is 36.7 cm³/mol. The monoisotopic (exact) mass is 141 g/mol. The molecular formula is C6H11N3O. The van der Waals surface area contributed by atoms with Crippen LogP contribution in [0.1, 0.15) is 0 Å². The highest BCUT2D eigenvalue weighted by Crippen LogP contribution is 2.10. The first-order valence-electron chi connectivity index (χ1n) is 3.61. The van der Waals surface area contributed by atoms with Crippen molar-refractivity contribution in [1.29, 1.82) is 0 Å². The predicted octanol–water partition coefficient (Wildman–Crippen LogP) is -1.11. The number of fused-ring (bicyclic) bond motifs is 1. The Morgan fingerprint density at radius 3 is 3.10 bits per heavy atom. The van der Waals surface area contributed by atoms with E-state index in [2.05, 4.69) is 16.0 Å². The topological polar surface area (TPSA) is 53.2 Å². The third-order valence-corrected chi connectivity index (χ3v) is 2.18. The smallest absolute Gasteiger partial charge is 0.315 e. The fraction of sp³-hybridized carbons (Fsp3) is 0.833. The maximum absolute atomic E-state index is 10.8. The highest BCUT2D eigenvalue weighted by atomic mass is 16.2. The van der Waals surface area contributed by atoms with Crippen LogP contribution in [0.25, 0.3) is 0 Å². The lowest BCUT2D eigenvalue weighted by Crippen LogP contribution is -2.54. The van der Waals surface area contributed by atoms with Crippen molar-refractivity contribution in [1.82, 2.24) is 16.0 Å². The normalized spacial score (nSPS) is 38.2. The van der Waals surface area contributed by atoms with Crippen molar-refractivity contribution >= 4 is 6.03 Å². The first kappa shape index (κ1) is 5.97. The standard InChI is InChI=1S/C6H11N3O/c10-6-8-2-4-1-7-3-5(4)9-6/h4-5,7H,1-3H2,(H2,8,9,10)/t4-,5-/m1/s1. The molecule has 0 aromatic carbocycles. The van der Waals surface area contributed by atoms with E-state index in [1.54, 1.807) is 0 Å². The maximum Gasteiger partial charge on any atom is 0.315 e. The fourth-order valence-corrected chi connectivity index (χ4v) is 1.56. The van der Waals surface area contributed by atoms with Gasteiger partial charge in [-0.3, -0.25) is 0 Å². The Morgan fingerprint density at radius 1 is 1.30 bits per heavy atom. The molecule has 2 aliphatic rings. The quantitative estimate of drug-likeness (QED) is 0.400. The molecule has 2 heterocycles. The summed E-state index contributed by atoms with van der Waals surface area (Å²) < 4.78 is 0. The van der Waals surface area contributed by atoms with Gasteiger partial charge in [0.25, 0.3) is 0 Å². The van der Waals surface area contributed by atoms with Crippen LogP contribution < -0.4 is 16.0 Å². The van der Waals surface area contributed by atoms with Crippen molar-refractivity contribution in [3.05, 3.63) is 0 Å². The highest BCUT2D eigenvalue weighted by molar-refractivity contribution is 5.75. The van der Waals surface area contributed by atoms with E-state index in [0.717, 1.165) is 19.6 Å². The minimum Gasteiger partial charge on any atom is -0.338 e. The van der Waals surface area contributed by atoms with E-state index in [0.29, 0.717) is 12.0 Å². The largest absolute Gasteiger partial charge is 0.338 e. The number of amides is 2. The number of rotatable bonds is 0. The van der Waals surface area contributed by atoms with Crippen LogP contribution in [0.2, 0.25) is 0 Å². The maximum atomic E-state index is 10.8. The van der Waals surface area contributed by atoms with Gasteiger partial charge in [-0.2, -0.15) is 0 Å². The van der Waals surface area contributed by atoms with Crippen molar-refractivity contribution in [3.8, 4) is 0 Å². The van der Waals surface area contributed by atoms with E-state index in [9.17, 15) is 4.79 Å². The third-order valence-electron chi connectivity index (χ3n) is 2.18. The minimum absolute atomic E-state index is 0.0232. The van der Waals surface area contributed by atoms with Crippen molar-refractivity contribution in [2.45, 2.75) is 6.04 Å². The molecule has 10 heavy (non-hydrogen) atoms. The summed E-state index contributed by atoms with van der Waals surface area (Å²) in [5.74, 6) is 0.595. The van der Waals surface area contributed by atoms with Crippen molar-refractivity contribution < 1.29 is 4.79 Å². The van der Waals surface area contributed by atoms with Crippen LogP contribution in [0, 0.1) is 5.92 Å². The van der Waals surface area contributed by atoms with Gasteiger partial charge in [-0.25, -0.2) is 4.79 Å². The van der Waals surface area contributed by atoms with E-state index >= 15 is 0 Å². The van der Waals surface area contributed by atoms with Crippen molar-refractivity contribution in [2.75, 3.05) is 19.6 Å². The van der Waals surface area contributed by atoms with Gasteiger partial charge in [0.2, 0.25) is 0 Å². The van der Waals surface area contributed by atoms with E-state index in [1.165, 1.54) is 0 Å². The van der Waals surface area contributed by atoms with Crippen molar-refractivity contribution in [2.24, 2.45) is 5.92 Å². The first-order chi connectivity index (χ1) is 4.86. The van der Waals surface area contributed by atoms with Gasteiger partial charge in [0.15, 0.2) is 0 Å². The average molecular weight is 141 g/mol. The van der Waals surface area contributed by atoms with E-state index in [-0.39, 0.29) is 6.03 Å². The molecule has 4 heteroatoms. The lowest BCUT2D eigenvalue weighted by atomic mass is 10.0. The average Bonchev–Trinajstić information content (AvgIpc) is 2.33. The van der Waals surface area contributed by atoms with Gasteiger partial charge in [0.05, 0.1) is 0 Å². The SMILES string of the molecule is O=C1NC[C@H]2CNC[C@H]2N1. The molecule has 2 rings (SSSR count). The Balaban J connectivity index is 2.03. The molecule has 0 aromatic heterocycles. The minimum atomic E-state index is -0.0232. The molecule has 2 fully saturated rings. The number of carbonyl (C=O) groups is 1. The number of carbonyl (C=O) groups excluding carboxylic acids is 1. The highest BCUT2D eigenvalue weighted by Gasteiger charge is 2.31. The van der Waals surface area contributed by atoms with Gasteiger partial charge in [-0.15, -0.1) is 0 Å². The summed E-state index contributed by atoms with van der Waals surface area (Å²) in [5.41, 5.74) is 0. The molecule has 0 saturated carbocycles. The van der Waals surface area contributed by atoms with Gasteiger partial charge in [-0.1, -0.05) is 0 Å². The summed E-state index contributed by atoms with van der Waals surface area (Å²) in [4.78, 5) is 10.8. The van der Waals surface area contributed by atoms with Crippen LogP contribution in [0.5, 0.6) is 0 Å². The molecule has 2 amide bonds. The Kier molecular flexibility index (Phi) is 1.27. The second kappa shape index (κ2) is 2.12. The third kappa shape index (κ3) is 0.844. The van der Waals surface area contributed by atoms with Crippen LogP contribution in [0.15, 0.2) is 0 Å². The zero-order valence-corrected chi connectivity index (χ0v) is 5.68. The summed E-state index contributed by atoms with van der Waals surface area (Å²) in [6.45, 7) is 2.78. The number of urea groups is 1. The number of hydrogen-bond acceptors (Lipinski definition) is 2. The molecule has 2 aliphatic heterocycles. The Bertz CT molecular complexity index is 159. The fourth-order valence-electron chi connectivity index (χ4n) is 1.56. The van der Waals surface area contributed by atoms with Gasteiger partial charge in [-0.05, 0) is 0 Å². The molecule has 0 spiro atoms. The molecule has 0 unspecified atom stereocenters. The molecular weight excluding hydrogens is 130 g/mol.